The van der Waals surface area contributed by atoms with Crippen molar-refractivity contribution >= 4 is 99.6 Å². The number of carboxylic acids is 1. The lowest BCUT2D eigenvalue weighted by atomic mass is 10.0. The first-order valence-electron chi connectivity index (χ1n) is 13.4. The number of hydrogen-bond acceptors (Lipinski definition) is 13. The minimum atomic E-state index is -1.20. The van der Waals surface area contributed by atoms with E-state index >= 15 is 0 Å². The van der Waals surface area contributed by atoms with E-state index in [1.807, 2.05) is 0 Å². The number of thioether (sulfide) groups is 4. The van der Waals surface area contributed by atoms with Gasteiger partial charge in [0.1, 0.15) is 27.3 Å². The van der Waals surface area contributed by atoms with Gasteiger partial charge in [-0.05, 0) is 17.2 Å². The molecule has 19 heteroatoms. The van der Waals surface area contributed by atoms with E-state index in [1.54, 1.807) is 47.2 Å². The van der Waals surface area contributed by atoms with Crippen LogP contribution in [0.15, 0.2) is 39.3 Å². The Morgan fingerprint density at radius 1 is 1.16 bits per heavy atom. The van der Waals surface area contributed by atoms with Crippen LogP contribution < -0.4 is 21.3 Å². The lowest BCUT2D eigenvalue weighted by Crippen LogP contribution is -2.70. The van der Waals surface area contributed by atoms with Crippen LogP contribution >= 0.6 is 58.4 Å². The standard InChI is InChI=1S/C25H26N8O6S5/c34-15(29-17-19(35)33-18(21(36)37)13(9-42-20(17)33)10-43-25-31-27-11-44-25)8-12-2-1-3-14(28-24-40-6-7-41-24)16(12)30-23(39)32-5-4-26-22(32)38/h1-3,11,17,20,24,28H,4-10H2,(H,26,38)(H,29,34)(H,30,39)(H,36,37)/t17?,20-/m0/s1. The molecule has 1 aromatic heterocycles. The van der Waals surface area contributed by atoms with Crippen molar-refractivity contribution in [2.24, 2.45) is 0 Å². The highest BCUT2D eigenvalue weighted by Gasteiger charge is 2.54. The highest BCUT2D eigenvalue weighted by atomic mass is 32.2. The molecule has 0 radical (unpaired) electrons. The molecule has 0 saturated carbocycles. The molecule has 5 heterocycles. The van der Waals surface area contributed by atoms with Crippen LogP contribution in [-0.2, 0) is 20.8 Å². The Morgan fingerprint density at radius 2 is 1.98 bits per heavy atom. The van der Waals surface area contributed by atoms with Crippen LogP contribution in [-0.4, -0.2) is 107 Å². The van der Waals surface area contributed by atoms with Crippen LogP contribution in [0.25, 0.3) is 0 Å². The first kappa shape index (κ1) is 30.9. The number of fused-ring (bicyclic) bond motifs is 1. The number of anilines is 2. The van der Waals surface area contributed by atoms with Gasteiger partial charge in [-0.1, -0.05) is 35.2 Å². The van der Waals surface area contributed by atoms with Crippen LogP contribution in [0.4, 0.5) is 21.0 Å². The Hall–Kier alpha value is -3.13. The largest absolute Gasteiger partial charge is 0.477 e. The summed E-state index contributed by atoms with van der Waals surface area (Å²) in [6, 6.07) is 3.27. The molecule has 2 aromatic rings. The van der Waals surface area contributed by atoms with Gasteiger partial charge in [0.15, 0.2) is 4.34 Å². The number of hydrogen-bond donors (Lipinski definition) is 5. The molecular formula is C25H26N8O6S5. The number of nitrogens with zero attached hydrogens (tertiary/aromatic N) is 4. The van der Waals surface area contributed by atoms with Gasteiger partial charge in [0.05, 0.1) is 17.8 Å². The number of amides is 6. The van der Waals surface area contributed by atoms with Crippen molar-refractivity contribution in [2.75, 3.05) is 46.7 Å². The number of benzene rings is 1. The molecule has 0 bridgehead atoms. The van der Waals surface area contributed by atoms with E-state index in [2.05, 4.69) is 31.5 Å². The average Bonchev–Trinajstić information content (AvgIpc) is 3.80. The zero-order chi connectivity index (χ0) is 30.8. The van der Waals surface area contributed by atoms with Crippen LogP contribution in [0.2, 0.25) is 0 Å². The average molecular weight is 695 g/mol. The number of para-hydroxylation sites is 1. The molecule has 0 aliphatic carbocycles. The van der Waals surface area contributed by atoms with Crippen molar-refractivity contribution in [3.63, 3.8) is 0 Å². The molecule has 6 amide bonds. The summed E-state index contributed by atoms with van der Waals surface area (Å²) in [5.41, 5.74) is 3.62. The summed E-state index contributed by atoms with van der Waals surface area (Å²) in [5, 5.41) is 28.7. The van der Waals surface area contributed by atoms with E-state index in [9.17, 15) is 29.1 Å². The number of aromatic nitrogens is 2. The zero-order valence-electron chi connectivity index (χ0n) is 22.8. The van der Waals surface area contributed by atoms with Crippen LogP contribution in [0.3, 0.4) is 0 Å². The third-order valence-electron chi connectivity index (χ3n) is 7.01. The van der Waals surface area contributed by atoms with Crippen molar-refractivity contribution in [3.8, 4) is 0 Å². The molecule has 44 heavy (non-hydrogen) atoms. The summed E-state index contributed by atoms with van der Waals surface area (Å²) >= 11 is 7.57. The first-order chi connectivity index (χ1) is 21.3. The van der Waals surface area contributed by atoms with E-state index < -0.39 is 41.3 Å². The van der Waals surface area contributed by atoms with Crippen molar-refractivity contribution < 1.29 is 29.1 Å². The molecule has 0 spiro atoms. The number of β-lactam (4-membered cyclic amide) rings is 1. The topological polar surface area (TPSA) is 186 Å². The molecule has 4 aliphatic heterocycles. The highest BCUT2D eigenvalue weighted by molar-refractivity contribution is 8.20. The maximum Gasteiger partial charge on any atom is 0.352 e. The second-order valence-electron chi connectivity index (χ2n) is 9.75. The fourth-order valence-corrected chi connectivity index (χ4v) is 10.5. The number of carbonyl (C=O) groups is 5. The molecule has 3 fully saturated rings. The molecule has 3 saturated heterocycles. The number of urea groups is 2. The minimum Gasteiger partial charge on any atom is -0.477 e. The number of carboxylic acid groups (broad SMARTS) is 1. The van der Waals surface area contributed by atoms with Gasteiger partial charge in [0, 0.05) is 36.1 Å². The summed E-state index contributed by atoms with van der Waals surface area (Å²) in [6.07, 6.45) is -0.158. The SMILES string of the molecule is O=C(Cc1cccc(NC2SCCS2)c1NC(=O)N1CCNC1=O)NC1C(=O)N2C(C(=O)O)=C(CSc3nncs3)CS[C@@H]12. The van der Waals surface area contributed by atoms with Gasteiger partial charge in [-0.2, -0.15) is 0 Å². The van der Waals surface area contributed by atoms with Crippen molar-refractivity contribution in [1.29, 1.82) is 0 Å². The first-order valence-corrected chi connectivity index (χ1v) is 18.4. The highest BCUT2D eigenvalue weighted by Crippen LogP contribution is 2.42. The van der Waals surface area contributed by atoms with Crippen LogP contribution in [0, 0.1) is 0 Å². The summed E-state index contributed by atoms with van der Waals surface area (Å²) in [6.45, 7) is 0.573. The van der Waals surface area contributed by atoms with Crippen molar-refractivity contribution in [2.45, 2.75) is 26.9 Å². The van der Waals surface area contributed by atoms with Crippen molar-refractivity contribution in [1.82, 2.24) is 30.6 Å². The third kappa shape index (κ3) is 6.46. The molecule has 4 aliphatic rings. The minimum absolute atomic E-state index is 0.0568. The third-order valence-corrected chi connectivity index (χ3v) is 13.1. The molecule has 6 rings (SSSR count). The molecule has 5 N–H and O–H groups in total. The Bertz CT molecular complexity index is 1520. The monoisotopic (exact) mass is 694 g/mol. The number of aliphatic carboxylic acids is 1. The van der Waals surface area contributed by atoms with E-state index in [1.165, 1.54) is 39.8 Å². The summed E-state index contributed by atoms with van der Waals surface area (Å²) in [4.78, 5) is 66.1. The lowest BCUT2D eigenvalue weighted by molar-refractivity contribution is -0.150. The number of rotatable bonds is 10. The van der Waals surface area contributed by atoms with Gasteiger partial charge in [-0.3, -0.25) is 14.5 Å². The maximum atomic E-state index is 13.3. The zero-order valence-corrected chi connectivity index (χ0v) is 26.9. The summed E-state index contributed by atoms with van der Waals surface area (Å²) in [5.74, 6) is 0.551. The second-order valence-corrected chi connectivity index (χ2v) is 15.6. The van der Waals surface area contributed by atoms with Gasteiger partial charge in [0.25, 0.3) is 5.91 Å². The summed E-state index contributed by atoms with van der Waals surface area (Å²) in [7, 11) is 0. The molecule has 14 nitrogen and oxygen atoms in total. The van der Waals surface area contributed by atoms with E-state index in [0.29, 0.717) is 44.9 Å². The van der Waals surface area contributed by atoms with E-state index in [-0.39, 0.29) is 23.4 Å². The fraction of sp³-hybridized carbons (Fsp3) is 0.400. The molecule has 1 aromatic carbocycles. The molecule has 232 valence electrons. The Balaban J connectivity index is 1.15. The maximum absolute atomic E-state index is 13.3. The lowest BCUT2D eigenvalue weighted by Gasteiger charge is -2.49. The van der Waals surface area contributed by atoms with Crippen molar-refractivity contribution in [3.05, 3.63) is 40.5 Å². The van der Waals surface area contributed by atoms with Gasteiger partial charge in [0.2, 0.25) is 5.91 Å². The number of nitrogens with one attached hydrogen (secondary N) is 4. The Labute approximate surface area is 272 Å². The van der Waals surface area contributed by atoms with Gasteiger partial charge >= 0.3 is 18.0 Å². The Morgan fingerprint density at radius 3 is 2.68 bits per heavy atom. The van der Waals surface area contributed by atoms with E-state index in [4.69, 9.17) is 0 Å². The number of imide groups is 1. The second kappa shape index (κ2) is 13.5. The van der Waals surface area contributed by atoms with Gasteiger partial charge in [-0.15, -0.1) is 45.5 Å². The number of carbonyl (C=O) groups excluding carboxylic acids is 4. The Kier molecular flexibility index (Phi) is 9.45. The van der Waals surface area contributed by atoms with Crippen LogP contribution in [0.1, 0.15) is 5.56 Å². The van der Waals surface area contributed by atoms with E-state index in [0.717, 1.165) is 16.4 Å². The van der Waals surface area contributed by atoms with Crippen LogP contribution in [0.5, 0.6) is 0 Å². The summed E-state index contributed by atoms with van der Waals surface area (Å²) < 4.78 is 0.762. The molecule has 2 atom stereocenters. The predicted octanol–water partition coefficient (Wildman–Crippen LogP) is 2.34. The molecular weight excluding hydrogens is 669 g/mol. The normalized spacial score (nSPS) is 21.5. The fourth-order valence-electron chi connectivity index (χ4n) is 4.99. The molecule has 1 unspecified atom stereocenters. The smallest absolute Gasteiger partial charge is 0.352 e. The predicted molar refractivity (Wildman–Crippen MR) is 172 cm³/mol. The quantitative estimate of drug-likeness (QED) is 0.181. The van der Waals surface area contributed by atoms with Gasteiger partial charge in [-0.25, -0.2) is 19.3 Å². The van der Waals surface area contributed by atoms with Gasteiger partial charge < -0.3 is 26.4 Å².